The van der Waals surface area contributed by atoms with Crippen LogP contribution in [0.1, 0.15) is 27.6 Å². The highest BCUT2D eigenvalue weighted by Crippen LogP contribution is 2.27. The second-order valence-corrected chi connectivity index (χ2v) is 3.96. The average molecular weight is 269 g/mol. The Morgan fingerprint density at radius 3 is 2.16 bits per heavy atom. The van der Waals surface area contributed by atoms with Crippen molar-refractivity contribution in [2.45, 2.75) is 6.92 Å². The van der Waals surface area contributed by atoms with Crippen molar-refractivity contribution in [1.29, 1.82) is 0 Å². The number of rotatable bonds is 4. The van der Waals surface area contributed by atoms with Crippen LogP contribution in [0.15, 0.2) is 12.1 Å². The van der Waals surface area contributed by atoms with Crippen LogP contribution in [0.5, 0.6) is 0 Å². The zero-order valence-corrected chi connectivity index (χ0v) is 11.3. The summed E-state index contributed by atoms with van der Waals surface area (Å²) in [6.07, 6.45) is 0. The Morgan fingerprint density at radius 1 is 1.21 bits per heavy atom. The molecule has 0 heterocycles. The fraction of sp³-hybridized carbons (Fsp3) is 0.385. The molecule has 5 nitrogen and oxygen atoms in total. The predicted molar refractivity (Wildman–Crippen MR) is 68.0 cm³/mol. The highest BCUT2D eigenvalue weighted by atomic mass is 19.1. The minimum atomic E-state index is -0.714. The van der Waals surface area contributed by atoms with Gasteiger partial charge in [0.2, 0.25) is 0 Å². The summed E-state index contributed by atoms with van der Waals surface area (Å²) in [5.74, 6) is -2.10. The SMILES string of the molecule is CCOC(=O)c1cc(F)cc(C(=O)OC)c1N(C)C. The first-order valence-electron chi connectivity index (χ1n) is 5.68. The quantitative estimate of drug-likeness (QED) is 0.781. The number of benzene rings is 1. The van der Waals surface area contributed by atoms with Crippen LogP contribution in [0.2, 0.25) is 0 Å². The second-order valence-electron chi connectivity index (χ2n) is 3.96. The lowest BCUT2D eigenvalue weighted by molar-refractivity contribution is 0.0526. The number of methoxy groups -OCH3 is 1. The van der Waals surface area contributed by atoms with Crippen molar-refractivity contribution < 1.29 is 23.5 Å². The molecule has 0 aliphatic carbocycles. The van der Waals surface area contributed by atoms with E-state index in [4.69, 9.17) is 4.74 Å². The molecule has 0 fully saturated rings. The highest BCUT2D eigenvalue weighted by molar-refractivity contribution is 6.04. The van der Waals surface area contributed by atoms with Crippen molar-refractivity contribution in [2.75, 3.05) is 32.7 Å². The van der Waals surface area contributed by atoms with Crippen LogP contribution in [-0.2, 0) is 9.47 Å². The Balaban J connectivity index is 3.48. The lowest BCUT2D eigenvalue weighted by Gasteiger charge is -2.19. The Hall–Kier alpha value is -2.11. The molecule has 0 aliphatic rings. The first kappa shape index (κ1) is 14.9. The van der Waals surface area contributed by atoms with Gasteiger partial charge < -0.3 is 14.4 Å². The van der Waals surface area contributed by atoms with Gasteiger partial charge in [-0.3, -0.25) is 0 Å². The summed E-state index contributed by atoms with van der Waals surface area (Å²) < 4.78 is 23.0. The normalized spacial score (nSPS) is 9.95. The van der Waals surface area contributed by atoms with Crippen molar-refractivity contribution in [3.05, 3.63) is 29.1 Å². The third-order valence-corrected chi connectivity index (χ3v) is 2.42. The summed E-state index contributed by atoms with van der Waals surface area (Å²) in [6.45, 7) is 1.81. The molecule has 6 heteroatoms. The average Bonchev–Trinajstić information content (AvgIpc) is 2.36. The molecule has 0 aliphatic heterocycles. The topological polar surface area (TPSA) is 55.8 Å². The maximum Gasteiger partial charge on any atom is 0.340 e. The van der Waals surface area contributed by atoms with Crippen molar-refractivity contribution in [1.82, 2.24) is 0 Å². The summed E-state index contributed by atoms with van der Waals surface area (Å²) in [7, 11) is 4.47. The van der Waals surface area contributed by atoms with Crippen LogP contribution in [0.3, 0.4) is 0 Å². The molecule has 0 saturated heterocycles. The molecule has 0 radical (unpaired) electrons. The van der Waals surface area contributed by atoms with E-state index < -0.39 is 17.8 Å². The van der Waals surface area contributed by atoms with Gasteiger partial charge in [-0.1, -0.05) is 0 Å². The molecule has 0 atom stereocenters. The van der Waals surface area contributed by atoms with Crippen LogP contribution < -0.4 is 4.90 Å². The molecule has 1 aromatic carbocycles. The number of esters is 2. The smallest absolute Gasteiger partial charge is 0.340 e. The largest absolute Gasteiger partial charge is 0.465 e. The molecule has 0 aromatic heterocycles. The Kier molecular flexibility index (Phi) is 4.86. The number of hydrogen-bond acceptors (Lipinski definition) is 5. The highest BCUT2D eigenvalue weighted by Gasteiger charge is 2.23. The van der Waals surface area contributed by atoms with Crippen LogP contribution in [0, 0.1) is 5.82 Å². The van der Waals surface area contributed by atoms with E-state index in [0.717, 1.165) is 12.1 Å². The van der Waals surface area contributed by atoms with Crippen LogP contribution in [0.4, 0.5) is 10.1 Å². The van der Waals surface area contributed by atoms with E-state index >= 15 is 0 Å². The van der Waals surface area contributed by atoms with Gasteiger partial charge in [0.15, 0.2) is 0 Å². The number of nitrogens with zero attached hydrogens (tertiary/aromatic N) is 1. The van der Waals surface area contributed by atoms with E-state index in [1.54, 1.807) is 21.0 Å². The van der Waals surface area contributed by atoms with Gasteiger partial charge in [0.05, 0.1) is 30.5 Å². The number of ether oxygens (including phenoxy) is 2. The van der Waals surface area contributed by atoms with E-state index in [1.807, 2.05) is 0 Å². The minimum Gasteiger partial charge on any atom is -0.465 e. The minimum absolute atomic E-state index is 0.00718. The molecule has 19 heavy (non-hydrogen) atoms. The maximum atomic E-state index is 13.5. The lowest BCUT2D eigenvalue weighted by Crippen LogP contribution is -2.20. The number of carbonyl (C=O) groups excluding carboxylic acids is 2. The third kappa shape index (κ3) is 3.21. The number of anilines is 1. The molecule has 1 rings (SSSR count). The van der Waals surface area contributed by atoms with Crippen LogP contribution >= 0.6 is 0 Å². The van der Waals surface area contributed by atoms with Crippen LogP contribution in [-0.4, -0.2) is 39.8 Å². The molecular formula is C13H16FNO4. The third-order valence-electron chi connectivity index (χ3n) is 2.42. The van der Waals surface area contributed by atoms with Gasteiger partial charge in [0.25, 0.3) is 0 Å². The van der Waals surface area contributed by atoms with Gasteiger partial charge in [-0.15, -0.1) is 0 Å². The molecule has 0 saturated carbocycles. The standard InChI is InChI=1S/C13H16FNO4/c1-5-19-13(17)10-7-8(14)6-9(12(16)18-4)11(10)15(2)3/h6-7H,5H2,1-4H3. The Bertz CT molecular complexity index is 500. The maximum absolute atomic E-state index is 13.5. The van der Waals surface area contributed by atoms with E-state index in [0.29, 0.717) is 0 Å². The predicted octanol–water partition coefficient (Wildman–Crippen LogP) is 1.85. The summed E-state index contributed by atoms with van der Waals surface area (Å²) in [5, 5.41) is 0. The lowest BCUT2D eigenvalue weighted by atomic mass is 10.1. The van der Waals surface area contributed by atoms with Crippen molar-refractivity contribution in [3.8, 4) is 0 Å². The van der Waals surface area contributed by atoms with Gasteiger partial charge in [-0.05, 0) is 19.1 Å². The molecular weight excluding hydrogens is 253 g/mol. The zero-order valence-electron chi connectivity index (χ0n) is 11.3. The van der Waals surface area contributed by atoms with Crippen molar-refractivity contribution >= 4 is 17.6 Å². The van der Waals surface area contributed by atoms with Gasteiger partial charge >= 0.3 is 11.9 Å². The van der Waals surface area contributed by atoms with E-state index in [1.165, 1.54) is 12.0 Å². The first-order valence-corrected chi connectivity index (χ1v) is 5.68. The number of carbonyl (C=O) groups is 2. The van der Waals surface area contributed by atoms with E-state index in [-0.39, 0.29) is 23.4 Å². The molecule has 0 spiro atoms. The van der Waals surface area contributed by atoms with Gasteiger partial charge in [0, 0.05) is 14.1 Å². The van der Waals surface area contributed by atoms with Gasteiger partial charge in [-0.25, -0.2) is 14.0 Å². The molecule has 1 aromatic rings. The first-order chi connectivity index (χ1) is 8.92. The number of hydrogen-bond donors (Lipinski definition) is 0. The summed E-state index contributed by atoms with van der Waals surface area (Å²) in [4.78, 5) is 25.0. The molecule has 0 unspecified atom stereocenters. The van der Waals surface area contributed by atoms with Gasteiger partial charge in [-0.2, -0.15) is 0 Å². The number of halogens is 1. The van der Waals surface area contributed by atoms with E-state index in [9.17, 15) is 14.0 Å². The Morgan fingerprint density at radius 2 is 1.74 bits per heavy atom. The zero-order chi connectivity index (χ0) is 14.6. The molecule has 104 valence electrons. The second kappa shape index (κ2) is 6.17. The van der Waals surface area contributed by atoms with E-state index in [2.05, 4.69) is 4.74 Å². The van der Waals surface area contributed by atoms with Gasteiger partial charge in [0.1, 0.15) is 5.82 Å². The molecule has 0 amide bonds. The summed E-state index contributed by atoms with van der Waals surface area (Å²) >= 11 is 0. The fourth-order valence-electron chi connectivity index (χ4n) is 1.71. The summed E-state index contributed by atoms with van der Waals surface area (Å²) in [5.41, 5.74) is 0.245. The Labute approximate surface area is 110 Å². The molecule has 0 bridgehead atoms. The fourth-order valence-corrected chi connectivity index (χ4v) is 1.71. The summed E-state index contributed by atoms with van der Waals surface area (Å²) in [6, 6.07) is 2.07. The van der Waals surface area contributed by atoms with Crippen LogP contribution in [0.25, 0.3) is 0 Å². The molecule has 0 N–H and O–H groups in total. The van der Waals surface area contributed by atoms with Crippen molar-refractivity contribution in [2.24, 2.45) is 0 Å². The van der Waals surface area contributed by atoms with Crippen molar-refractivity contribution in [3.63, 3.8) is 0 Å². The monoisotopic (exact) mass is 269 g/mol.